The van der Waals surface area contributed by atoms with Gasteiger partial charge in [-0.2, -0.15) is 0 Å². The summed E-state index contributed by atoms with van der Waals surface area (Å²) in [6.07, 6.45) is 4.14. The topological polar surface area (TPSA) is 78.0 Å². The number of nitrogens with zero attached hydrogens (tertiary/aromatic N) is 3. The molecule has 0 aliphatic carbocycles. The summed E-state index contributed by atoms with van der Waals surface area (Å²) in [5, 5.41) is 0.951. The van der Waals surface area contributed by atoms with E-state index in [1.54, 1.807) is 0 Å². The molecule has 3 rings (SSSR count). The molecular weight excluding hydrogens is 182 g/mol. The summed E-state index contributed by atoms with van der Waals surface area (Å²) in [4.78, 5) is 13.4. The maximum Gasteiger partial charge on any atom is 0.164 e. The zero-order valence-corrected chi connectivity index (χ0v) is 7.40. The van der Waals surface area contributed by atoms with Gasteiger partial charge in [0.1, 0.15) is 6.33 Å². The molecule has 1 aliphatic rings. The van der Waals surface area contributed by atoms with Crippen LogP contribution in [0.3, 0.4) is 0 Å². The molecule has 0 aromatic carbocycles. The summed E-state index contributed by atoms with van der Waals surface area (Å²) in [7, 11) is 0. The molecular formula is C8H9N5O. The summed E-state index contributed by atoms with van der Waals surface area (Å²) in [5.74, 6) is 6.44. The lowest BCUT2D eigenvalue weighted by molar-refractivity contribution is 0.199. The molecule has 0 amide bonds. The largest absolute Gasteiger partial charge is 0.338 e. The van der Waals surface area contributed by atoms with E-state index in [1.807, 2.05) is 6.20 Å². The van der Waals surface area contributed by atoms with Crippen molar-refractivity contribution in [1.29, 1.82) is 0 Å². The summed E-state index contributed by atoms with van der Waals surface area (Å²) < 4.78 is 1.52. The van der Waals surface area contributed by atoms with Crippen LogP contribution in [0.4, 0.5) is 5.82 Å². The Morgan fingerprint density at radius 1 is 1.50 bits per heavy atom. The maximum atomic E-state index is 5.76. The van der Waals surface area contributed by atoms with Crippen molar-refractivity contribution in [2.45, 2.75) is 6.42 Å². The zero-order valence-electron chi connectivity index (χ0n) is 7.40. The predicted octanol–water partition coefficient (Wildman–Crippen LogP) is 0.0447. The van der Waals surface area contributed by atoms with Crippen molar-refractivity contribution in [3.8, 4) is 0 Å². The molecule has 0 atom stereocenters. The van der Waals surface area contributed by atoms with Gasteiger partial charge in [-0.05, 0) is 5.56 Å². The van der Waals surface area contributed by atoms with Crippen molar-refractivity contribution in [3.63, 3.8) is 0 Å². The van der Waals surface area contributed by atoms with Crippen molar-refractivity contribution < 1.29 is 4.84 Å². The van der Waals surface area contributed by atoms with Gasteiger partial charge in [0.2, 0.25) is 0 Å². The van der Waals surface area contributed by atoms with E-state index in [0.29, 0.717) is 12.4 Å². The fraction of sp³-hybridized carbons (Fsp3) is 0.250. The van der Waals surface area contributed by atoms with Crippen molar-refractivity contribution >= 4 is 16.9 Å². The second kappa shape index (κ2) is 2.58. The van der Waals surface area contributed by atoms with E-state index >= 15 is 0 Å². The Labute approximate surface area is 79.6 Å². The SMILES string of the molecule is Nn1cc2c3c(ncnc31)NOCC2. The molecule has 0 fully saturated rings. The number of nitrogens with one attached hydrogen (secondary N) is 1. The summed E-state index contributed by atoms with van der Waals surface area (Å²) in [6.45, 7) is 0.607. The number of rotatable bonds is 0. The lowest BCUT2D eigenvalue weighted by Gasteiger charge is -2.02. The molecule has 3 heterocycles. The first-order chi connectivity index (χ1) is 6.86. The first kappa shape index (κ1) is 7.57. The quantitative estimate of drug-likeness (QED) is 0.575. The van der Waals surface area contributed by atoms with Gasteiger partial charge in [0.15, 0.2) is 11.5 Å². The number of aromatic nitrogens is 3. The minimum absolute atomic E-state index is 0.607. The summed E-state index contributed by atoms with van der Waals surface area (Å²) in [5.41, 5.74) is 4.62. The Morgan fingerprint density at radius 3 is 3.36 bits per heavy atom. The molecule has 0 saturated heterocycles. The molecule has 0 bridgehead atoms. The highest BCUT2D eigenvalue weighted by Gasteiger charge is 2.16. The minimum Gasteiger partial charge on any atom is -0.338 e. The van der Waals surface area contributed by atoms with Crippen LogP contribution in [-0.2, 0) is 11.3 Å². The predicted molar refractivity (Wildman–Crippen MR) is 51.0 cm³/mol. The van der Waals surface area contributed by atoms with Gasteiger partial charge in [0, 0.05) is 12.6 Å². The van der Waals surface area contributed by atoms with Gasteiger partial charge in [0.25, 0.3) is 0 Å². The van der Waals surface area contributed by atoms with Gasteiger partial charge in [-0.3, -0.25) is 9.51 Å². The zero-order chi connectivity index (χ0) is 9.54. The smallest absolute Gasteiger partial charge is 0.164 e. The molecule has 2 aromatic rings. The van der Waals surface area contributed by atoms with Crippen LogP contribution in [0.2, 0.25) is 0 Å². The Kier molecular flexibility index (Phi) is 1.40. The highest BCUT2D eigenvalue weighted by Crippen LogP contribution is 2.26. The lowest BCUT2D eigenvalue weighted by atomic mass is 10.2. The number of nitrogens with two attached hydrogens (primary N) is 1. The van der Waals surface area contributed by atoms with Crippen molar-refractivity contribution in [3.05, 3.63) is 18.1 Å². The minimum atomic E-state index is 0.607. The van der Waals surface area contributed by atoms with E-state index < -0.39 is 0 Å². The van der Waals surface area contributed by atoms with Gasteiger partial charge in [-0.25, -0.2) is 15.4 Å². The molecule has 0 saturated carbocycles. The van der Waals surface area contributed by atoms with Crippen LogP contribution in [-0.4, -0.2) is 21.3 Å². The molecule has 6 heteroatoms. The molecule has 1 aliphatic heterocycles. The molecule has 0 unspecified atom stereocenters. The Bertz CT molecular complexity index is 492. The first-order valence-electron chi connectivity index (χ1n) is 4.34. The van der Waals surface area contributed by atoms with E-state index in [-0.39, 0.29) is 0 Å². The molecule has 14 heavy (non-hydrogen) atoms. The molecule has 72 valence electrons. The monoisotopic (exact) mass is 191 g/mol. The van der Waals surface area contributed by atoms with Gasteiger partial charge in [-0.1, -0.05) is 0 Å². The van der Waals surface area contributed by atoms with Crippen LogP contribution >= 0.6 is 0 Å². The van der Waals surface area contributed by atoms with Crippen molar-refractivity contribution in [1.82, 2.24) is 14.6 Å². The Balaban J connectivity index is 2.42. The molecule has 3 N–H and O–H groups in total. The van der Waals surface area contributed by atoms with E-state index in [1.165, 1.54) is 11.0 Å². The van der Waals surface area contributed by atoms with E-state index in [2.05, 4.69) is 15.4 Å². The average Bonchev–Trinajstić information content (AvgIpc) is 2.41. The third kappa shape index (κ3) is 0.882. The maximum absolute atomic E-state index is 5.76. The van der Waals surface area contributed by atoms with Crippen LogP contribution in [0.15, 0.2) is 12.5 Å². The fourth-order valence-electron chi connectivity index (χ4n) is 1.71. The number of anilines is 1. The molecule has 6 nitrogen and oxygen atoms in total. The van der Waals surface area contributed by atoms with Crippen molar-refractivity contribution in [2.24, 2.45) is 0 Å². The third-order valence-electron chi connectivity index (χ3n) is 2.33. The number of nitrogen functional groups attached to an aromatic ring is 1. The van der Waals surface area contributed by atoms with Gasteiger partial charge in [0.05, 0.1) is 12.0 Å². The van der Waals surface area contributed by atoms with Gasteiger partial charge >= 0.3 is 0 Å². The molecule has 0 radical (unpaired) electrons. The van der Waals surface area contributed by atoms with E-state index in [4.69, 9.17) is 10.7 Å². The van der Waals surface area contributed by atoms with Crippen LogP contribution in [0, 0.1) is 0 Å². The highest BCUT2D eigenvalue weighted by molar-refractivity contribution is 5.90. The number of hydrogen-bond donors (Lipinski definition) is 2. The second-order valence-corrected chi connectivity index (χ2v) is 3.18. The van der Waals surface area contributed by atoms with Crippen LogP contribution in [0.1, 0.15) is 5.56 Å². The normalized spacial score (nSPS) is 15.1. The summed E-state index contributed by atoms with van der Waals surface area (Å²) in [6, 6.07) is 0. The molecule has 0 spiro atoms. The second-order valence-electron chi connectivity index (χ2n) is 3.18. The average molecular weight is 191 g/mol. The van der Waals surface area contributed by atoms with Gasteiger partial charge < -0.3 is 5.84 Å². The van der Waals surface area contributed by atoms with E-state index in [9.17, 15) is 0 Å². The van der Waals surface area contributed by atoms with Crippen LogP contribution in [0.5, 0.6) is 0 Å². The van der Waals surface area contributed by atoms with E-state index in [0.717, 1.165) is 23.0 Å². The number of hydrogen-bond acceptors (Lipinski definition) is 5. The lowest BCUT2D eigenvalue weighted by Crippen LogP contribution is -2.09. The summed E-state index contributed by atoms with van der Waals surface area (Å²) >= 11 is 0. The van der Waals surface area contributed by atoms with Crippen molar-refractivity contribution in [2.75, 3.05) is 17.9 Å². The van der Waals surface area contributed by atoms with Crippen LogP contribution in [0.25, 0.3) is 11.0 Å². The third-order valence-corrected chi connectivity index (χ3v) is 2.33. The van der Waals surface area contributed by atoms with Crippen LogP contribution < -0.4 is 11.3 Å². The first-order valence-corrected chi connectivity index (χ1v) is 4.34. The molecule has 2 aromatic heterocycles. The Hall–Kier alpha value is -1.82. The Morgan fingerprint density at radius 2 is 2.43 bits per heavy atom. The van der Waals surface area contributed by atoms with Gasteiger partial charge in [-0.15, -0.1) is 0 Å². The highest BCUT2D eigenvalue weighted by atomic mass is 16.6. The fourth-order valence-corrected chi connectivity index (χ4v) is 1.71. The standard InChI is InChI=1S/C8H9N5O/c9-13-3-5-1-2-14-12-7-6(5)8(13)11-4-10-7/h3-4H,1-2,9H2,(H,10,11,12).